The average molecular weight is 464 g/mol. The maximum absolute atomic E-state index is 12.4. The molecule has 2 aromatic rings. The molecule has 2 N–H and O–H groups in total. The van der Waals surface area contributed by atoms with Gasteiger partial charge in [0.05, 0.1) is 6.04 Å². The number of rotatable bonds is 5. The number of hydrogen-bond donors (Lipinski definition) is 2. The van der Waals surface area contributed by atoms with Gasteiger partial charge < -0.3 is 20.1 Å². The Labute approximate surface area is 190 Å². The van der Waals surface area contributed by atoms with Crippen molar-refractivity contribution in [3.63, 3.8) is 0 Å². The van der Waals surface area contributed by atoms with Crippen molar-refractivity contribution in [1.29, 1.82) is 0 Å². The number of fused-ring (bicyclic) bond motifs is 1. The number of alkyl halides is 3. The number of pyridine rings is 1. The molecule has 2 unspecified atom stereocenters. The normalized spacial score (nSPS) is 24.3. The molecule has 178 valence electrons. The molecule has 0 radical (unpaired) electrons. The molecular formula is C24H28F3N3O3. The van der Waals surface area contributed by atoms with Gasteiger partial charge in [0.1, 0.15) is 17.7 Å². The predicted molar refractivity (Wildman–Crippen MR) is 117 cm³/mol. The van der Waals surface area contributed by atoms with E-state index in [1.807, 2.05) is 20.0 Å². The zero-order valence-corrected chi connectivity index (χ0v) is 18.8. The lowest BCUT2D eigenvalue weighted by Gasteiger charge is -2.18. The largest absolute Gasteiger partial charge is 0.573 e. The van der Waals surface area contributed by atoms with Crippen molar-refractivity contribution in [1.82, 2.24) is 10.3 Å². The molecule has 1 aliphatic carbocycles. The summed E-state index contributed by atoms with van der Waals surface area (Å²) in [6.45, 7) is 5.86. The Balaban J connectivity index is 1.41. The molecule has 4 rings (SSSR count). The molecule has 1 aromatic carbocycles. The van der Waals surface area contributed by atoms with E-state index in [2.05, 4.69) is 33.3 Å². The summed E-state index contributed by atoms with van der Waals surface area (Å²) in [6, 6.07) is 8.03. The number of carbonyl (C=O) groups is 1. The van der Waals surface area contributed by atoms with Crippen molar-refractivity contribution < 1.29 is 27.4 Å². The molecule has 2 heterocycles. The fraction of sp³-hybridized carbons (Fsp3) is 0.500. The summed E-state index contributed by atoms with van der Waals surface area (Å²) in [7, 11) is 0. The zero-order chi connectivity index (χ0) is 23.8. The van der Waals surface area contributed by atoms with Crippen LogP contribution in [0.15, 0.2) is 36.5 Å². The quantitative estimate of drug-likeness (QED) is 0.567. The Morgan fingerprint density at radius 3 is 2.58 bits per heavy atom. The number of benzene rings is 1. The highest BCUT2D eigenvalue weighted by Crippen LogP contribution is 2.45. The van der Waals surface area contributed by atoms with Gasteiger partial charge in [-0.25, -0.2) is 9.78 Å². The average Bonchev–Trinajstić information content (AvgIpc) is 3.31. The number of ether oxygens (including phenoxy) is 2. The maximum atomic E-state index is 12.4. The van der Waals surface area contributed by atoms with Crippen LogP contribution in [0, 0.1) is 0 Å². The fourth-order valence-electron chi connectivity index (χ4n) is 4.66. The van der Waals surface area contributed by atoms with Crippen molar-refractivity contribution in [2.24, 2.45) is 0 Å². The van der Waals surface area contributed by atoms with Crippen LogP contribution < -0.4 is 15.4 Å². The Hall–Kier alpha value is -2.97. The Kier molecular flexibility index (Phi) is 6.41. The SMILES string of the molecule is CC(C)NC(=O)O[C@@H]1CC[C@H](c2cnc3c(c2)C(C)C(c2ccc(OC(F)(F)F)cc2)N3)C1. The minimum absolute atomic E-state index is 0.0333. The van der Waals surface area contributed by atoms with Gasteiger partial charge in [-0.15, -0.1) is 13.2 Å². The Bertz CT molecular complexity index is 995. The smallest absolute Gasteiger partial charge is 0.446 e. The lowest BCUT2D eigenvalue weighted by Crippen LogP contribution is -2.33. The minimum Gasteiger partial charge on any atom is -0.446 e. The van der Waals surface area contributed by atoms with E-state index in [9.17, 15) is 18.0 Å². The third-order valence-electron chi connectivity index (χ3n) is 6.23. The van der Waals surface area contributed by atoms with E-state index in [-0.39, 0.29) is 41.9 Å². The first-order chi connectivity index (χ1) is 15.6. The van der Waals surface area contributed by atoms with Gasteiger partial charge in [-0.3, -0.25) is 0 Å². The Morgan fingerprint density at radius 2 is 1.91 bits per heavy atom. The van der Waals surface area contributed by atoms with Gasteiger partial charge in [0.15, 0.2) is 0 Å². The minimum atomic E-state index is -4.71. The summed E-state index contributed by atoms with van der Waals surface area (Å²) in [5.74, 6) is 0.903. The summed E-state index contributed by atoms with van der Waals surface area (Å²) in [4.78, 5) is 16.5. The van der Waals surface area contributed by atoms with E-state index in [1.165, 1.54) is 12.1 Å². The standard InChI is InChI=1S/C24H28F3N3O3/c1-13(2)29-23(31)32-19-9-6-16(10-19)17-11-20-14(3)21(30-22(20)28-12-17)15-4-7-18(8-5-15)33-24(25,26)27/h4-5,7-8,11-14,16,19,21H,6,9-10H2,1-3H3,(H,28,30)(H,29,31)/t14?,16-,19+,21?/m0/s1. The second kappa shape index (κ2) is 9.11. The van der Waals surface area contributed by atoms with Gasteiger partial charge >= 0.3 is 12.5 Å². The first-order valence-corrected chi connectivity index (χ1v) is 11.2. The van der Waals surface area contributed by atoms with E-state index in [4.69, 9.17) is 4.74 Å². The molecule has 1 fully saturated rings. The lowest BCUT2D eigenvalue weighted by molar-refractivity contribution is -0.274. The highest BCUT2D eigenvalue weighted by Gasteiger charge is 2.35. The van der Waals surface area contributed by atoms with Crippen LogP contribution in [0.25, 0.3) is 0 Å². The second-order valence-corrected chi connectivity index (χ2v) is 9.07. The van der Waals surface area contributed by atoms with Crippen LogP contribution in [0.5, 0.6) is 5.75 Å². The number of nitrogens with one attached hydrogen (secondary N) is 2. The number of halogens is 3. The fourth-order valence-corrected chi connectivity index (χ4v) is 4.66. The van der Waals surface area contributed by atoms with Crippen LogP contribution in [-0.2, 0) is 4.74 Å². The number of amides is 1. The molecule has 2 aliphatic rings. The maximum Gasteiger partial charge on any atom is 0.573 e. The van der Waals surface area contributed by atoms with Crippen molar-refractivity contribution >= 4 is 11.9 Å². The summed E-state index contributed by atoms with van der Waals surface area (Å²) in [5.41, 5.74) is 3.06. The molecule has 6 nitrogen and oxygen atoms in total. The van der Waals surface area contributed by atoms with Gasteiger partial charge in [-0.2, -0.15) is 0 Å². The van der Waals surface area contributed by atoms with Crippen molar-refractivity contribution in [3.05, 3.63) is 53.2 Å². The molecule has 1 aromatic heterocycles. The first kappa shape index (κ1) is 23.2. The third-order valence-corrected chi connectivity index (χ3v) is 6.23. The molecule has 1 amide bonds. The van der Waals surface area contributed by atoms with Crippen LogP contribution in [0.4, 0.5) is 23.8 Å². The van der Waals surface area contributed by atoms with Crippen molar-refractivity contribution in [2.75, 3.05) is 5.32 Å². The molecule has 1 saturated carbocycles. The molecule has 1 aliphatic heterocycles. The van der Waals surface area contributed by atoms with Gasteiger partial charge in [0.25, 0.3) is 0 Å². The summed E-state index contributed by atoms with van der Waals surface area (Å²) in [6.07, 6.45) is -0.834. The number of anilines is 1. The van der Waals surface area contributed by atoms with Gasteiger partial charge in [0, 0.05) is 18.2 Å². The molecule has 0 saturated heterocycles. The van der Waals surface area contributed by atoms with Crippen LogP contribution in [0.1, 0.15) is 74.6 Å². The van der Waals surface area contributed by atoms with E-state index in [0.717, 1.165) is 41.8 Å². The monoisotopic (exact) mass is 463 g/mol. The van der Waals surface area contributed by atoms with Gasteiger partial charge in [0.2, 0.25) is 0 Å². The predicted octanol–water partition coefficient (Wildman–Crippen LogP) is 6.02. The van der Waals surface area contributed by atoms with E-state index < -0.39 is 6.36 Å². The van der Waals surface area contributed by atoms with E-state index in [0.29, 0.717) is 0 Å². The Morgan fingerprint density at radius 1 is 1.18 bits per heavy atom. The summed E-state index contributed by atoms with van der Waals surface area (Å²) >= 11 is 0. The molecule has 4 atom stereocenters. The molecule has 0 spiro atoms. The highest BCUT2D eigenvalue weighted by atomic mass is 19.4. The number of alkyl carbamates (subject to hydrolysis) is 1. The van der Waals surface area contributed by atoms with E-state index >= 15 is 0 Å². The number of hydrogen-bond acceptors (Lipinski definition) is 5. The third kappa shape index (κ3) is 5.51. The van der Waals surface area contributed by atoms with Crippen molar-refractivity contribution in [3.8, 4) is 5.75 Å². The lowest BCUT2D eigenvalue weighted by atomic mass is 9.90. The number of nitrogens with zero attached hydrogens (tertiary/aromatic N) is 1. The van der Waals surface area contributed by atoms with Gasteiger partial charge in [-0.05, 0) is 73.9 Å². The second-order valence-electron chi connectivity index (χ2n) is 9.07. The van der Waals surface area contributed by atoms with Crippen LogP contribution >= 0.6 is 0 Å². The van der Waals surface area contributed by atoms with Crippen LogP contribution in [0.3, 0.4) is 0 Å². The molecule has 0 bridgehead atoms. The molecule has 33 heavy (non-hydrogen) atoms. The molecule has 9 heteroatoms. The van der Waals surface area contributed by atoms with Crippen LogP contribution in [-0.4, -0.2) is 29.6 Å². The molecular weight excluding hydrogens is 435 g/mol. The first-order valence-electron chi connectivity index (χ1n) is 11.2. The summed E-state index contributed by atoms with van der Waals surface area (Å²) in [5, 5.41) is 6.14. The topological polar surface area (TPSA) is 72.5 Å². The highest BCUT2D eigenvalue weighted by molar-refractivity contribution is 5.67. The van der Waals surface area contributed by atoms with Crippen molar-refractivity contribution in [2.45, 2.75) is 76.4 Å². The number of aromatic nitrogens is 1. The van der Waals surface area contributed by atoms with Gasteiger partial charge in [-0.1, -0.05) is 19.1 Å². The zero-order valence-electron chi connectivity index (χ0n) is 18.8. The summed E-state index contributed by atoms with van der Waals surface area (Å²) < 4.78 is 46.8. The van der Waals surface area contributed by atoms with Crippen LogP contribution in [0.2, 0.25) is 0 Å². The van der Waals surface area contributed by atoms with E-state index in [1.54, 1.807) is 12.1 Å². The number of carbonyl (C=O) groups excluding carboxylic acids is 1.